The van der Waals surface area contributed by atoms with Gasteiger partial charge in [-0.1, -0.05) is 107 Å². The molecule has 35 heavy (non-hydrogen) atoms. The average molecular weight is 486 g/mol. The predicted octanol–water partition coefficient (Wildman–Crippen LogP) is 4.89. The van der Waals surface area contributed by atoms with E-state index in [4.69, 9.17) is 4.43 Å². The summed E-state index contributed by atoms with van der Waals surface area (Å²) in [4.78, 5) is 27.7. The zero-order valence-electron chi connectivity index (χ0n) is 21.2. The van der Waals surface area contributed by atoms with Gasteiger partial charge in [0.2, 0.25) is 5.78 Å². The number of amides is 1. The Balaban J connectivity index is 1.74. The lowest BCUT2D eigenvalue weighted by molar-refractivity contribution is -0.136. The molecule has 1 amide bonds. The monoisotopic (exact) mass is 485 g/mol. The number of carbonyl (C=O) groups is 2. The third-order valence-electron chi connectivity index (χ3n) is 6.92. The molecule has 0 bridgehead atoms. The maximum Gasteiger partial charge on any atom is 0.294 e. The van der Waals surface area contributed by atoms with Crippen molar-refractivity contribution in [2.75, 3.05) is 11.5 Å². The number of para-hydroxylation sites is 1. The standard InChI is InChI=1S/C30H35NO3Si/c1-5-14-28(32)29(33)31-24(21-23-15-12-13-20-27(23)31)22-34-35(30(2,3)4,25-16-8-6-9-17-25)26-18-10-7-11-19-26/h6-13,15-20,24H,5,14,21-22H2,1-4H3/t24-/m0/s1. The topological polar surface area (TPSA) is 46.6 Å². The number of carbonyl (C=O) groups excluding carboxylic acids is 2. The van der Waals surface area contributed by atoms with Crippen LogP contribution in [-0.2, 0) is 20.4 Å². The lowest BCUT2D eigenvalue weighted by Gasteiger charge is -2.44. The molecular formula is C30H35NO3Si. The van der Waals surface area contributed by atoms with Crippen LogP contribution < -0.4 is 15.3 Å². The van der Waals surface area contributed by atoms with Crippen molar-refractivity contribution >= 4 is 36.1 Å². The summed E-state index contributed by atoms with van der Waals surface area (Å²) in [6, 6.07) is 28.7. The number of nitrogens with zero attached hydrogens (tertiary/aromatic N) is 1. The van der Waals surface area contributed by atoms with E-state index >= 15 is 0 Å². The molecule has 4 nitrogen and oxygen atoms in total. The maximum absolute atomic E-state index is 13.3. The van der Waals surface area contributed by atoms with Gasteiger partial charge in [0.05, 0.1) is 12.6 Å². The van der Waals surface area contributed by atoms with E-state index in [9.17, 15) is 9.59 Å². The minimum atomic E-state index is -2.75. The fourth-order valence-electron chi connectivity index (χ4n) is 5.32. The first-order chi connectivity index (χ1) is 16.8. The molecule has 1 atom stereocenters. The van der Waals surface area contributed by atoms with Gasteiger partial charge in [-0.2, -0.15) is 0 Å². The molecule has 0 N–H and O–H groups in total. The largest absolute Gasteiger partial charge is 0.405 e. The van der Waals surface area contributed by atoms with Gasteiger partial charge in [-0.05, 0) is 39.9 Å². The van der Waals surface area contributed by atoms with Crippen LogP contribution in [0.1, 0.15) is 46.1 Å². The van der Waals surface area contributed by atoms with Crippen LogP contribution in [0.4, 0.5) is 5.69 Å². The Hall–Kier alpha value is -3.02. The second-order valence-corrected chi connectivity index (χ2v) is 14.6. The van der Waals surface area contributed by atoms with Crippen LogP contribution in [0.2, 0.25) is 5.04 Å². The number of ketones is 1. The minimum Gasteiger partial charge on any atom is -0.405 e. The van der Waals surface area contributed by atoms with Crippen molar-refractivity contribution in [1.29, 1.82) is 0 Å². The number of rotatable bonds is 8. The predicted molar refractivity (Wildman–Crippen MR) is 145 cm³/mol. The fourth-order valence-corrected chi connectivity index (χ4v) is 9.92. The van der Waals surface area contributed by atoms with Crippen LogP contribution in [0.25, 0.3) is 0 Å². The summed E-state index contributed by atoms with van der Waals surface area (Å²) in [5.41, 5.74) is 1.92. The summed E-state index contributed by atoms with van der Waals surface area (Å²) in [5.74, 6) is -0.757. The molecule has 0 saturated heterocycles. The van der Waals surface area contributed by atoms with Crippen LogP contribution in [0, 0.1) is 0 Å². The van der Waals surface area contributed by atoms with Crippen molar-refractivity contribution in [3.8, 4) is 0 Å². The first-order valence-electron chi connectivity index (χ1n) is 12.5. The quantitative estimate of drug-likeness (QED) is 0.337. The van der Waals surface area contributed by atoms with E-state index in [1.54, 1.807) is 4.90 Å². The normalized spacial score (nSPS) is 15.7. The molecular weight excluding hydrogens is 450 g/mol. The molecule has 182 valence electrons. The van der Waals surface area contributed by atoms with Crippen LogP contribution in [0.15, 0.2) is 84.9 Å². The van der Waals surface area contributed by atoms with Crippen molar-refractivity contribution < 1.29 is 14.0 Å². The van der Waals surface area contributed by atoms with Crippen LogP contribution in [0.3, 0.4) is 0 Å². The van der Waals surface area contributed by atoms with E-state index in [1.165, 1.54) is 10.4 Å². The number of benzene rings is 3. The van der Waals surface area contributed by atoms with Gasteiger partial charge < -0.3 is 4.43 Å². The van der Waals surface area contributed by atoms with E-state index in [1.807, 2.05) is 43.3 Å². The van der Waals surface area contributed by atoms with Crippen LogP contribution >= 0.6 is 0 Å². The SMILES string of the molecule is CCCC(=O)C(=O)N1c2ccccc2C[C@H]1CO[Si](c1ccccc1)(c1ccccc1)C(C)(C)C. The molecule has 0 aromatic heterocycles. The van der Waals surface area contributed by atoms with Crippen molar-refractivity contribution in [2.24, 2.45) is 0 Å². The Morgan fingerprint density at radius 2 is 1.43 bits per heavy atom. The van der Waals surface area contributed by atoms with Gasteiger partial charge in [0.15, 0.2) is 0 Å². The molecule has 3 aromatic carbocycles. The summed E-state index contributed by atoms with van der Waals surface area (Å²) < 4.78 is 7.14. The van der Waals surface area contributed by atoms with Crippen LogP contribution in [0.5, 0.6) is 0 Å². The van der Waals surface area contributed by atoms with Gasteiger partial charge in [0.25, 0.3) is 14.2 Å². The molecule has 3 aromatic rings. The molecule has 0 aliphatic carbocycles. The number of anilines is 1. The van der Waals surface area contributed by atoms with Crippen molar-refractivity contribution in [3.63, 3.8) is 0 Å². The smallest absolute Gasteiger partial charge is 0.294 e. The Bertz CT molecular complexity index is 1130. The lowest BCUT2D eigenvalue weighted by Crippen LogP contribution is -2.67. The molecule has 0 unspecified atom stereocenters. The van der Waals surface area contributed by atoms with E-state index in [-0.39, 0.29) is 23.3 Å². The Morgan fingerprint density at radius 3 is 1.97 bits per heavy atom. The van der Waals surface area contributed by atoms with Gasteiger partial charge in [0.1, 0.15) is 0 Å². The second-order valence-electron chi connectivity index (χ2n) is 10.3. The van der Waals surface area contributed by atoms with E-state index in [0.717, 1.165) is 11.3 Å². The highest BCUT2D eigenvalue weighted by molar-refractivity contribution is 6.99. The molecule has 1 aliphatic heterocycles. The summed E-state index contributed by atoms with van der Waals surface area (Å²) >= 11 is 0. The van der Waals surface area contributed by atoms with E-state index < -0.39 is 14.2 Å². The Morgan fingerprint density at radius 1 is 0.886 bits per heavy atom. The highest BCUT2D eigenvalue weighted by Gasteiger charge is 2.51. The number of hydrogen-bond acceptors (Lipinski definition) is 3. The average Bonchev–Trinajstić information content (AvgIpc) is 3.23. The van der Waals surface area contributed by atoms with E-state index in [0.29, 0.717) is 19.4 Å². The summed E-state index contributed by atoms with van der Waals surface area (Å²) in [6.45, 7) is 9.03. The molecule has 0 radical (unpaired) electrons. The molecule has 0 fully saturated rings. The number of hydrogen-bond donors (Lipinski definition) is 0. The number of Topliss-reactive ketones (excluding diaryl/α,β-unsaturated/α-hetero) is 1. The highest BCUT2D eigenvalue weighted by Crippen LogP contribution is 2.38. The molecule has 0 spiro atoms. The lowest BCUT2D eigenvalue weighted by atomic mass is 10.1. The van der Waals surface area contributed by atoms with Crippen molar-refractivity contribution in [1.82, 2.24) is 0 Å². The highest BCUT2D eigenvalue weighted by atomic mass is 28.4. The van der Waals surface area contributed by atoms with Gasteiger partial charge in [0, 0.05) is 12.1 Å². The van der Waals surface area contributed by atoms with Gasteiger partial charge >= 0.3 is 0 Å². The molecule has 1 heterocycles. The third-order valence-corrected chi connectivity index (χ3v) is 11.9. The second kappa shape index (κ2) is 10.3. The molecule has 5 heteroatoms. The first kappa shape index (κ1) is 25.1. The Labute approximate surface area is 210 Å². The summed E-state index contributed by atoms with van der Waals surface area (Å²) in [7, 11) is -2.75. The van der Waals surface area contributed by atoms with E-state index in [2.05, 4.69) is 69.3 Å². The summed E-state index contributed by atoms with van der Waals surface area (Å²) in [6.07, 6.45) is 1.60. The Kier molecular flexibility index (Phi) is 7.38. The first-order valence-corrected chi connectivity index (χ1v) is 14.4. The number of fused-ring (bicyclic) bond motifs is 1. The zero-order chi connectivity index (χ0) is 25.1. The zero-order valence-corrected chi connectivity index (χ0v) is 22.2. The minimum absolute atomic E-state index is 0.159. The maximum atomic E-state index is 13.3. The fraction of sp³-hybridized carbons (Fsp3) is 0.333. The molecule has 1 aliphatic rings. The third kappa shape index (κ3) is 4.75. The summed E-state index contributed by atoms with van der Waals surface area (Å²) in [5, 5.41) is 2.25. The van der Waals surface area contributed by atoms with Gasteiger partial charge in [-0.3, -0.25) is 14.5 Å². The van der Waals surface area contributed by atoms with Gasteiger partial charge in [-0.15, -0.1) is 0 Å². The molecule has 4 rings (SSSR count). The molecule has 0 saturated carbocycles. The van der Waals surface area contributed by atoms with Gasteiger partial charge in [-0.25, -0.2) is 0 Å². The van der Waals surface area contributed by atoms with Crippen LogP contribution in [-0.4, -0.2) is 32.7 Å². The van der Waals surface area contributed by atoms with Crippen molar-refractivity contribution in [3.05, 3.63) is 90.5 Å². The van der Waals surface area contributed by atoms with Crippen molar-refractivity contribution in [2.45, 2.75) is 58.0 Å².